The van der Waals surface area contributed by atoms with Crippen molar-refractivity contribution in [3.8, 4) is 0 Å². The summed E-state index contributed by atoms with van der Waals surface area (Å²) in [5.41, 5.74) is 0. The smallest absolute Gasteiger partial charge is 0.326 e. The van der Waals surface area contributed by atoms with E-state index in [0.29, 0.717) is 0 Å². The molecule has 2 unspecified atom stereocenters. The van der Waals surface area contributed by atoms with Crippen LogP contribution in [0.4, 0.5) is 0 Å². The van der Waals surface area contributed by atoms with Gasteiger partial charge in [0.05, 0.1) is 0 Å². The SMILES string of the molecule is O=C1CCC(C(=O)O)NC(=O)CCC(C(=O)O)N1. The summed E-state index contributed by atoms with van der Waals surface area (Å²) in [6.07, 6.45) is -0.444. The normalized spacial score (nSPS) is 25.8. The van der Waals surface area contributed by atoms with Crippen molar-refractivity contribution in [2.24, 2.45) is 0 Å². The summed E-state index contributed by atoms with van der Waals surface area (Å²) in [7, 11) is 0. The molecule has 0 bridgehead atoms. The average molecular weight is 258 g/mol. The second-order valence-electron chi connectivity index (χ2n) is 3.99. The molecule has 1 saturated heterocycles. The Hall–Kier alpha value is -2.12. The predicted molar refractivity (Wildman–Crippen MR) is 57.6 cm³/mol. The van der Waals surface area contributed by atoms with Gasteiger partial charge in [-0.3, -0.25) is 9.59 Å². The predicted octanol–water partition coefficient (Wildman–Crippen LogP) is -1.30. The number of carbonyl (C=O) groups excluding carboxylic acids is 2. The highest BCUT2D eigenvalue weighted by molar-refractivity contribution is 5.87. The van der Waals surface area contributed by atoms with E-state index >= 15 is 0 Å². The number of hydrogen-bond donors (Lipinski definition) is 4. The molecule has 0 saturated carbocycles. The van der Waals surface area contributed by atoms with Gasteiger partial charge in [-0.05, 0) is 12.8 Å². The Bertz CT molecular complexity index is 345. The fourth-order valence-electron chi connectivity index (χ4n) is 1.60. The van der Waals surface area contributed by atoms with E-state index in [1.807, 2.05) is 0 Å². The highest BCUT2D eigenvalue weighted by Gasteiger charge is 2.26. The fraction of sp³-hybridized carbons (Fsp3) is 0.600. The minimum atomic E-state index is -1.22. The Morgan fingerprint density at radius 2 is 1.22 bits per heavy atom. The van der Waals surface area contributed by atoms with E-state index in [2.05, 4.69) is 10.6 Å². The van der Waals surface area contributed by atoms with Crippen molar-refractivity contribution >= 4 is 23.8 Å². The lowest BCUT2D eigenvalue weighted by Gasteiger charge is -2.19. The summed E-state index contributed by atoms with van der Waals surface area (Å²) in [5.74, 6) is -3.51. The molecule has 8 nitrogen and oxygen atoms in total. The van der Waals surface area contributed by atoms with Gasteiger partial charge < -0.3 is 20.8 Å². The van der Waals surface area contributed by atoms with E-state index in [1.54, 1.807) is 0 Å². The Labute approximate surface area is 102 Å². The number of amides is 2. The van der Waals surface area contributed by atoms with E-state index in [0.717, 1.165) is 0 Å². The number of carbonyl (C=O) groups is 4. The third-order valence-electron chi connectivity index (χ3n) is 2.59. The zero-order valence-electron chi connectivity index (χ0n) is 9.51. The Morgan fingerprint density at radius 3 is 1.50 bits per heavy atom. The molecule has 18 heavy (non-hydrogen) atoms. The fourth-order valence-corrected chi connectivity index (χ4v) is 1.60. The highest BCUT2D eigenvalue weighted by atomic mass is 16.4. The van der Waals surface area contributed by atoms with Crippen molar-refractivity contribution in [3.05, 3.63) is 0 Å². The minimum Gasteiger partial charge on any atom is -0.480 e. The largest absolute Gasteiger partial charge is 0.480 e. The quantitative estimate of drug-likeness (QED) is 0.486. The van der Waals surface area contributed by atoms with Crippen molar-refractivity contribution in [2.75, 3.05) is 0 Å². The lowest BCUT2D eigenvalue weighted by molar-refractivity contribution is -0.144. The molecular formula is C10H14N2O6. The molecule has 8 heteroatoms. The number of nitrogens with one attached hydrogen (secondary N) is 2. The topological polar surface area (TPSA) is 133 Å². The van der Waals surface area contributed by atoms with Gasteiger partial charge in [0, 0.05) is 12.8 Å². The number of rotatable bonds is 2. The van der Waals surface area contributed by atoms with E-state index in [1.165, 1.54) is 0 Å². The van der Waals surface area contributed by atoms with Gasteiger partial charge in [-0.15, -0.1) is 0 Å². The first kappa shape index (κ1) is 13.9. The van der Waals surface area contributed by atoms with Crippen molar-refractivity contribution < 1.29 is 29.4 Å². The van der Waals surface area contributed by atoms with Crippen LogP contribution in [-0.4, -0.2) is 46.0 Å². The summed E-state index contributed by atoms with van der Waals surface area (Å²) < 4.78 is 0. The summed E-state index contributed by atoms with van der Waals surface area (Å²) in [4.78, 5) is 44.4. The van der Waals surface area contributed by atoms with Crippen LogP contribution in [0.1, 0.15) is 25.7 Å². The van der Waals surface area contributed by atoms with Gasteiger partial charge in [0.25, 0.3) is 0 Å². The summed E-state index contributed by atoms with van der Waals surface area (Å²) in [5, 5.41) is 22.2. The maximum absolute atomic E-state index is 11.4. The zero-order chi connectivity index (χ0) is 13.7. The lowest BCUT2D eigenvalue weighted by Crippen LogP contribution is -2.46. The molecule has 0 spiro atoms. The van der Waals surface area contributed by atoms with Crippen LogP contribution in [0.3, 0.4) is 0 Å². The number of carboxylic acid groups (broad SMARTS) is 2. The Morgan fingerprint density at radius 1 is 0.889 bits per heavy atom. The van der Waals surface area contributed by atoms with Crippen LogP contribution in [0, 0.1) is 0 Å². The molecule has 0 aromatic carbocycles. The van der Waals surface area contributed by atoms with E-state index in [-0.39, 0.29) is 25.7 Å². The maximum Gasteiger partial charge on any atom is 0.326 e. The van der Waals surface area contributed by atoms with Crippen molar-refractivity contribution in [1.29, 1.82) is 0 Å². The summed E-state index contributed by atoms with van der Waals surface area (Å²) in [6.45, 7) is 0. The highest BCUT2D eigenvalue weighted by Crippen LogP contribution is 2.05. The lowest BCUT2D eigenvalue weighted by atomic mass is 10.1. The first-order valence-electron chi connectivity index (χ1n) is 5.44. The first-order valence-corrected chi connectivity index (χ1v) is 5.44. The minimum absolute atomic E-state index is 0.0702. The second-order valence-corrected chi connectivity index (χ2v) is 3.99. The molecule has 1 fully saturated rings. The molecule has 100 valence electrons. The molecule has 0 radical (unpaired) electrons. The monoisotopic (exact) mass is 258 g/mol. The molecule has 0 aliphatic carbocycles. The summed E-state index contributed by atoms with van der Waals surface area (Å²) in [6, 6.07) is -2.24. The van der Waals surface area contributed by atoms with Gasteiger partial charge in [0.15, 0.2) is 0 Å². The van der Waals surface area contributed by atoms with E-state index in [9.17, 15) is 19.2 Å². The average Bonchev–Trinajstić information content (AvgIpc) is 2.28. The Kier molecular flexibility index (Phi) is 4.64. The molecule has 1 heterocycles. The van der Waals surface area contributed by atoms with Crippen molar-refractivity contribution in [2.45, 2.75) is 37.8 Å². The molecular weight excluding hydrogens is 244 g/mol. The zero-order valence-corrected chi connectivity index (χ0v) is 9.51. The molecule has 0 aromatic rings. The Balaban J connectivity index is 2.73. The second kappa shape index (κ2) is 5.99. The van der Waals surface area contributed by atoms with Crippen LogP contribution >= 0.6 is 0 Å². The molecule has 1 aliphatic rings. The number of hydrogen-bond acceptors (Lipinski definition) is 4. The maximum atomic E-state index is 11.4. The van der Waals surface area contributed by atoms with Crippen molar-refractivity contribution in [3.63, 3.8) is 0 Å². The van der Waals surface area contributed by atoms with Crippen LogP contribution in [0.15, 0.2) is 0 Å². The summed E-state index contributed by atoms with van der Waals surface area (Å²) >= 11 is 0. The molecule has 1 rings (SSSR count). The standard InChI is InChI=1S/C10H14N2O6/c13-7-3-1-5(9(15)16)11-8(14)4-2-6(12-7)10(17)18/h5-6H,1-4H2,(H,11,14)(H,12,13)(H,15,16)(H,17,18). The molecule has 0 aromatic heterocycles. The number of aliphatic carboxylic acids is 2. The third kappa shape index (κ3) is 4.04. The van der Waals surface area contributed by atoms with Crippen LogP contribution in [-0.2, 0) is 19.2 Å². The molecule has 2 amide bonds. The van der Waals surface area contributed by atoms with Gasteiger partial charge >= 0.3 is 11.9 Å². The van der Waals surface area contributed by atoms with Crippen molar-refractivity contribution in [1.82, 2.24) is 10.6 Å². The first-order chi connectivity index (χ1) is 8.40. The van der Waals surface area contributed by atoms with Crippen LogP contribution < -0.4 is 10.6 Å². The van der Waals surface area contributed by atoms with Crippen LogP contribution in [0.25, 0.3) is 0 Å². The van der Waals surface area contributed by atoms with Gasteiger partial charge in [0.1, 0.15) is 12.1 Å². The van der Waals surface area contributed by atoms with E-state index in [4.69, 9.17) is 10.2 Å². The van der Waals surface area contributed by atoms with E-state index < -0.39 is 35.8 Å². The van der Waals surface area contributed by atoms with Gasteiger partial charge in [-0.1, -0.05) is 0 Å². The van der Waals surface area contributed by atoms with Gasteiger partial charge in [-0.25, -0.2) is 9.59 Å². The number of carboxylic acids is 2. The van der Waals surface area contributed by atoms with Crippen LogP contribution in [0.2, 0.25) is 0 Å². The van der Waals surface area contributed by atoms with Gasteiger partial charge in [0.2, 0.25) is 11.8 Å². The van der Waals surface area contributed by atoms with Crippen LogP contribution in [0.5, 0.6) is 0 Å². The molecule has 4 N–H and O–H groups in total. The van der Waals surface area contributed by atoms with Gasteiger partial charge in [-0.2, -0.15) is 0 Å². The third-order valence-corrected chi connectivity index (χ3v) is 2.59. The molecule has 2 atom stereocenters. The molecule has 1 aliphatic heterocycles.